The predicted octanol–water partition coefficient (Wildman–Crippen LogP) is 3.23. The molecule has 2 aliphatic rings. The fourth-order valence-electron chi connectivity index (χ4n) is 4.33. The van der Waals surface area contributed by atoms with Crippen LogP contribution >= 0.6 is 0 Å². The Bertz CT molecular complexity index is 1420. The summed E-state index contributed by atoms with van der Waals surface area (Å²) in [5.74, 6) is -3.28. The van der Waals surface area contributed by atoms with Crippen LogP contribution in [0.15, 0.2) is 54.6 Å². The van der Waals surface area contributed by atoms with Gasteiger partial charge >= 0.3 is 30.4 Å². The molecule has 11 nitrogen and oxygen atoms in total. The zero-order valence-corrected chi connectivity index (χ0v) is 19.3. The van der Waals surface area contributed by atoms with E-state index in [9.17, 15) is 29.4 Å². The molecule has 37 heavy (non-hydrogen) atoms. The van der Waals surface area contributed by atoms with Crippen molar-refractivity contribution in [3.63, 3.8) is 0 Å². The van der Waals surface area contributed by atoms with E-state index in [1.807, 2.05) is 0 Å². The lowest BCUT2D eigenvalue weighted by molar-refractivity contribution is -0.242. The van der Waals surface area contributed by atoms with Gasteiger partial charge in [0.1, 0.15) is 23.0 Å². The van der Waals surface area contributed by atoms with Crippen LogP contribution in [0.5, 0.6) is 23.0 Å². The Hall–Kier alpha value is -5.06. The highest BCUT2D eigenvalue weighted by Gasteiger charge is 2.53. The molecule has 0 aliphatic carbocycles. The molecule has 2 aliphatic heterocycles. The van der Waals surface area contributed by atoms with E-state index in [2.05, 4.69) is 9.47 Å². The number of phenols is 2. The minimum absolute atomic E-state index is 0.0333. The summed E-state index contributed by atoms with van der Waals surface area (Å²) in [5, 5.41) is 20.0. The minimum Gasteiger partial charge on any atom is -0.508 e. The molecule has 5 rings (SSSR count). The van der Waals surface area contributed by atoms with E-state index in [1.165, 1.54) is 42.5 Å². The first-order chi connectivity index (χ1) is 17.6. The van der Waals surface area contributed by atoms with Crippen LogP contribution in [0.3, 0.4) is 0 Å². The fraction of sp³-hybridized carbons (Fsp3) is 0.154. The molecule has 0 bridgehead atoms. The molecular weight excluding hydrogens is 488 g/mol. The lowest BCUT2D eigenvalue weighted by atomic mass is 9.77. The summed E-state index contributed by atoms with van der Waals surface area (Å²) in [4.78, 5) is 48.4. The van der Waals surface area contributed by atoms with E-state index in [-0.39, 0.29) is 34.1 Å². The van der Waals surface area contributed by atoms with Crippen molar-refractivity contribution < 1.29 is 53.1 Å². The zero-order chi connectivity index (χ0) is 26.5. The highest BCUT2D eigenvalue weighted by atomic mass is 16.9. The van der Waals surface area contributed by atoms with Crippen molar-refractivity contribution in [1.82, 2.24) is 0 Å². The highest BCUT2D eigenvalue weighted by Crippen LogP contribution is 2.57. The Balaban J connectivity index is 1.59. The number of carbonyl (C=O) groups is 4. The molecule has 0 atom stereocenters. The molecule has 0 aromatic heterocycles. The molecule has 0 saturated carbocycles. The number of hydrogen-bond donors (Lipinski definition) is 2. The van der Waals surface area contributed by atoms with Crippen LogP contribution in [0, 0.1) is 0 Å². The first-order valence-corrected chi connectivity index (χ1v) is 10.9. The molecule has 188 valence electrons. The lowest BCUT2D eigenvalue weighted by Gasteiger charge is -2.36. The number of rotatable bonds is 4. The van der Waals surface area contributed by atoms with Crippen LogP contribution < -0.4 is 4.74 Å². The van der Waals surface area contributed by atoms with Crippen molar-refractivity contribution in [2.45, 2.75) is 25.9 Å². The molecule has 3 aromatic rings. The summed E-state index contributed by atoms with van der Waals surface area (Å²) in [5.41, 5.74) is -0.386. The summed E-state index contributed by atoms with van der Waals surface area (Å²) in [6, 6.07) is 12.7. The Morgan fingerprint density at radius 2 is 1.32 bits per heavy atom. The first-order valence-electron chi connectivity index (χ1n) is 10.9. The van der Waals surface area contributed by atoms with Gasteiger partial charge in [-0.2, -0.15) is 0 Å². The van der Waals surface area contributed by atoms with Crippen molar-refractivity contribution >= 4 is 23.9 Å². The van der Waals surface area contributed by atoms with Crippen molar-refractivity contribution in [2.75, 3.05) is 0 Å². The van der Waals surface area contributed by atoms with Crippen molar-refractivity contribution in [2.24, 2.45) is 0 Å². The van der Waals surface area contributed by atoms with Gasteiger partial charge in [0.15, 0.2) is 5.60 Å². The normalized spacial score (nSPS) is 14.1. The van der Waals surface area contributed by atoms with Crippen LogP contribution in [0.2, 0.25) is 0 Å². The smallest absolute Gasteiger partial charge is 0.413 e. The Morgan fingerprint density at radius 3 is 1.86 bits per heavy atom. The molecule has 0 amide bonds. The molecule has 2 heterocycles. The number of phenolic OH excluding ortho intramolecular Hbond substituents is 2. The van der Waals surface area contributed by atoms with Crippen LogP contribution in [0.1, 0.15) is 51.3 Å². The number of aromatic hydroxyl groups is 2. The topological polar surface area (TPSA) is 155 Å². The maximum Gasteiger partial charge on any atom is 0.413 e. The van der Waals surface area contributed by atoms with Crippen molar-refractivity contribution in [3.8, 4) is 23.0 Å². The second-order valence-electron chi connectivity index (χ2n) is 8.21. The maximum absolute atomic E-state index is 13.1. The molecule has 0 fully saturated rings. The van der Waals surface area contributed by atoms with E-state index < -0.39 is 36.0 Å². The van der Waals surface area contributed by atoms with Gasteiger partial charge in [-0.05, 0) is 36.4 Å². The average molecular weight is 506 g/mol. The van der Waals surface area contributed by atoms with Crippen LogP contribution in [-0.2, 0) is 34.1 Å². The SMILES string of the molecule is CC(=O)OC(OC(C)=O)OC(=O)c1ccc2c(c1)C(=O)OC21c2ccc(O)cc2Oc2cc(O)ccc21. The Kier molecular flexibility index (Phi) is 5.47. The summed E-state index contributed by atoms with van der Waals surface area (Å²) >= 11 is 0. The molecule has 0 radical (unpaired) electrons. The summed E-state index contributed by atoms with van der Waals surface area (Å²) in [6.45, 7) is 0.167. The highest BCUT2D eigenvalue weighted by molar-refractivity contribution is 6.00. The van der Waals surface area contributed by atoms with Gasteiger partial charge in [-0.25, -0.2) is 9.59 Å². The molecule has 3 aromatic carbocycles. The van der Waals surface area contributed by atoms with Gasteiger partial charge in [0.25, 0.3) is 0 Å². The monoisotopic (exact) mass is 506 g/mol. The third kappa shape index (κ3) is 3.96. The number of carbonyl (C=O) groups excluding carboxylic acids is 4. The van der Waals surface area contributed by atoms with Gasteiger partial charge in [-0.3, -0.25) is 9.59 Å². The minimum atomic E-state index is -1.91. The van der Waals surface area contributed by atoms with Gasteiger partial charge in [0.05, 0.1) is 11.1 Å². The Morgan fingerprint density at radius 1 is 0.784 bits per heavy atom. The summed E-state index contributed by atoms with van der Waals surface area (Å²) in [6.07, 6.45) is 0. The van der Waals surface area contributed by atoms with Crippen LogP contribution in [0.25, 0.3) is 0 Å². The van der Waals surface area contributed by atoms with Crippen LogP contribution in [-0.4, -0.2) is 40.6 Å². The molecule has 1 spiro atoms. The van der Waals surface area contributed by atoms with Gasteiger partial charge in [-0.15, -0.1) is 0 Å². The van der Waals surface area contributed by atoms with E-state index >= 15 is 0 Å². The maximum atomic E-state index is 13.1. The van der Waals surface area contributed by atoms with E-state index in [1.54, 1.807) is 12.1 Å². The number of esters is 4. The first kappa shape index (κ1) is 23.7. The number of hydrogen-bond acceptors (Lipinski definition) is 11. The molecule has 0 saturated heterocycles. The zero-order valence-electron chi connectivity index (χ0n) is 19.3. The Labute approximate surface area is 208 Å². The summed E-state index contributed by atoms with van der Waals surface area (Å²) in [7, 11) is 0. The number of benzene rings is 3. The lowest BCUT2D eigenvalue weighted by Crippen LogP contribution is -2.33. The molecule has 0 unspecified atom stereocenters. The van der Waals surface area contributed by atoms with E-state index in [0.717, 1.165) is 13.8 Å². The van der Waals surface area contributed by atoms with Crippen molar-refractivity contribution in [1.29, 1.82) is 0 Å². The number of fused-ring (bicyclic) bond motifs is 6. The predicted molar refractivity (Wildman–Crippen MR) is 121 cm³/mol. The second-order valence-corrected chi connectivity index (χ2v) is 8.21. The van der Waals surface area contributed by atoms with Gasteiger partial charge in [0, 0.05) is 42.7 Å². The van der Waals surface area contributed by atoms with Gasteiger partial charge in [0.2, 0.25) is 0 Å². The third-order valence-corrected chi connectivity index (χ3v) is 5.74. The molecular formula is C26H18O11. The third-order valence-electron chi connectivity index (χ3n) is 5.74. The van der Waals surface area contributed by atoms with Crippen molar-refractivity contribution in [3.05, 3.63) is 82.4 Å². The fourth-order valence-corrected chi connectivity index (χ4v) is 4.33. The largest absolute Gasteiger partial charge is 0.508 e. The van der Waals surface area contributed by atoms with Gasteiger partial charge in [-0.1, -0.05) is 6.07 Å². The average Bonchev–Trinajstić information content (AvgIpc) is 3.10. The second kappa shape index (κ2) is 8.55. The van der Waals surface area contributed by atoms with E-state index in [4.69, 9.17) is 14.2 Å². The quantitative estimate of drug-likeness (QED) is 0.396. The number of ether oxygens (including phenoxy) is 5. The molecule has 11 heteroatoms. The summed E-state index contributed by atoms with van der Waals surface area (Å²) < 4.78 is 26.2. The van der Waals surface area contributed by atoms with E-state index in [0.29, 0.717) is 16.7 Å². The van der Waals surface area contributed by atoms with Crippen LogP contribution in [0.4, 0.5) is 0 Å². The molecule has 2 N–H and O–H groups in total. The standard InChI is InChI=1S/C26H18O11/c1-12(27)33-25(34-13(2)28)36-23(31)14-3-6-18-17(9-14)24(32)37-26(18)19-7-4-15(29)10-21(19)35-22-11-16(30)5-8-20(22)26/h3-11,25,29-30H,1-2H3. The van der Waals surface area contributed by atoms with Gasteiger partial charge < -0.3 is 33.9 Å².